The second-order valence-electron chi connectivity index (χ2n) is 6.87. The SMILES string of the molecule is Cc1ccc(OCC2(CC3CCCCC3)NN(C)C2=O)cc1. The molecule has 2 fully saturated rings. The zero-order valence-electron chi connectivity index (χ0n) is 13.6. The molecule has 0 bridgehead atoms. The first-order valence-electron chi connectivity index (χ1n) is 8.34. The van der Waals surface area contributed by atoms with Crippen molar-refractivity contribution in [1.29, 1.82) is 0 Å². The van der Waals surface area contributed by atoms with E-state index in [1.807, 2.05) is 24.3 Å². The standard InChI is InChI=1S/C18H26N2O2/c1-14-8-10-16(11-9-14)22-13-18(17(21)20(2)19-18)12-15-6-4-3-5-7-15/h8-11,15,19H,3-7,12-13H2,1-2H3. The van der Waals surface area contributed by atoms with E-state index in [1.165, 1.54) is 37.7 Å². The van der Waals surface area contributed by atoms with Gasteiger partial charge in [-0.3, -0.25) is 9.80 Å². The molecule has 0 radical (unpaired) electrons. The monoisotopic (exact) mass is 302 g/mol. The van der Waals surface area contributed by atoms with Crippen LogP contribution in [0.25, 0.3) is 0 Å². The zero-order valence-corrected chi connectivity index (χ0v) is 13.6. The van der Waals surface area contributed by atoms with Crippen molar-refractivity contribution in [2.75, 3.05) is 13.7 Å². The van der Waals surface area contributed by atoms with Gasteiger partial charge in [-0.05, 0) is 31.4 Å². The van der Waals surface area contributed by atoms with Crippen LogP contribution in [-0.2, 0) is 4.79 Å². The fourth-order valence-electron chi connectivity index (χ4n) is 3.70. The first kappa shape index (κ1) is 15.3. The number of carbonyl (C=O) groups is 1. The Morgan fingerprint density at radius 2 is 1.91 bits per heavy atom. The van der Waals surface area contributed by atoms with E-state index in [0.29, 0.717) is 12.5 Å². The van der Waals surface area contributed by atoms with Crippen molar-refractivity contribution in [2.24, 2.45) is 5.92 Å². The van der Waals surface area contributed by atoms with Crippen molar-refractivity contribution in [3.05, 3.63) is 29.8 Å². The summed E-state index contributed by atoms with van der Waals surface area (Å²) in [5.74, 6) is 1.63. The summed E-state index contributed by atoms with van der Waals surface area (Å²) >= 11 is 0. The molecule has 0 spiro atoms. The van der Waals surface area contributed by atoms with Gasteiger partial charge in [-0.2, -0.15) is 0 Å². The number of nitrogens with zero attached hydrogens (tertiary/aromatic N) is 1. The molecule has 22 heavy (non-hydrogen) atoms. The van der Waals surface area contributed by atoms with Gasteiger partial charge in [0, 0.05) is 7.05 Å². The molecule has 1 aliphatic heterocycles. The Morgan fingerprint density at radius 3 is 2.50 bits per heavy atom. The Bertz CT molecular complexity index is 522. The van der Waals surface area contributed by atoms with Gasteiger partial charge in [0.1, 0.15) is 12.4 Å². The second-order valence-corrected chi connectivity index (χ2v) is 6.87. The van der Waals surface area contributed by atoms with E-state index < -0.39 is 5.54 Å². The molecule has 1 aliphatic carbocycles. The number of hydrogen-bond donors (Lipinski definition) is 1. The fourth-order valence-corrected chi connectivity index (χ4v) is 3.70. The Morgan fingerprint density at radius 1 is 1.23 bits per heavy atom. The van der Waals surface area contributed by atoms with Crippen molar-refractivity contribution in [1.82, 2.24) is 10.4 Å². The molecule has 1 atom stereocenters. The quantitative estimate of drug-likeness (QED) is 0.909. The molecule has 4 heteroatoms. The average molecular weight is 302 g/mol. The van der Waals surface area contributed by atoms with Crippen molar-refractivity contribution in [3.8, 4) is 5.75 Å². The topological polar surface area (TPSA) is 41.6 Å². The van der Waals surface area contributed by atoms with Crippen LogP contribution in [0.4, 0.5) is 0 Å². The van der Waals surface area contributed by atoms with E-state index in [4.69, 9.17) is 4.74 Å². The minimum Gasteiger partial charge on any atom is -0.491 e. The number of carbonyl (C=O) groups excluding carboxylic acids is 1. The van der Waals surface area contributed by atoms with Crippen LogP contribution in [0.2, 0.25) is 0 Å². The Labute approximate surface area is 132 Å². The van der Waals surface area contributed by atoms with E-state index in [-0.39, 0.29) is 5.91 Å². The van der Waals surface area contributed by atoms with E-state index in [2.05, 4.69) is 12.3 Å². The van der Waals surface area contributed by atoms with Crippen molar-refractivity contribution in [2.45, 2.75) is 51.0 Å². The molecule has 1 aromatic carbocycles. The Hall–Kier alpha value is -1.55. The van der Waals surface area contributed by atoms with Crippen molar-refractivity contribution in [3.63, 3.8) is 0 Å². The number of nitrogens with one attached hydrogen (secondary N) is 1. The van der Waals surface area contributed by atoms with Crippen LogP contribution in [-0.4, -0.2) is 30.1 Å². The van der Waals surface area contributed by atoms with Gasteiger partial charge in [0.25, 0.3) is 5.91 Å². The third-order valence-electron chi connectivity index (χ3n) is 4.96. The molecule has 1 heterocycles. The van der Waals surface area contributed by atoms with E-state index >= 15 is 0 Å². The first-order chi connectivity index (χ1) is 10.6. The summed E-state index contributed by atoms with van der Waals surface area (Å²) in [5.41, 5.74) is 3.98. The van der Waals surface area contributed by atoms with Gasteiger partial charge in [-0.1, -0.05) is 49.8 Å². The molecule has 4 nitrogen and oxygen atoms in total. The summed E-state index contributed by atoms with van der Waals surface area (Å²) in [6.07, 6.45) is 7.30. The van der Waals surface area contributed by atoms with E-state index in [9.17, 15) is 4.79 Å². The molecule has 2 aliphatic rings. The maximum atomic E-state index is 12.4. The smallest absolute Gasteiger partial charge is 0.262 e. The lowest BCUT2D eigenvalue weighted by atomic mass is 9.78. The molecule has 3 rings (SSSR count). The van der Waals surface area contributed by atoms with Gasteiger partial charge in [0.2, 0.25) is 0 Å². The summed E-state index contributed by atoms with van der Waals surface area (Å²) in [6, 6.07) is 8.00. The molecule has 120 valence electrons. The summed E-state index contributed by atoms with van der Waals surface area (Å²) in [6.45, 7) is 2.47. The lowest BCUT2D eigenvalue weighted by Gasteiger charge is -2.49. The molecule has 1 aromatic rings. The van der Waals surface area contributed by atoms with Crippen molar-refractivity contribution >= 4 is 5.91 Å². The van der Waals surface area contributed by atoms with Crippen LogP contribution in [0, 0.1) is 12.8 Å². The Kier molecular flexibility index (Phi) is 4.39. The summed E-state index contributed by atoms with van der Waals surface area (Å²) in [5, 5.41) is 1.58. The molecule has 1 amide bonds. The number of likely N-dealkylation sites (N-methyl/N-ethyl adjacent to an activating group) is 1. The lowest BCUT2D eigenvalue weighted by Crippen LogP contribution is -2.77. The van der Waals surface area contributed by atoms with Crippen LogP contribution in [0.15, 0.2) is 24.3 Å². The lowest BCUT2D eigenvalue weighted by molar-refractivity contribution is -0.166. The third kappa shape index (κ3) is 3.12. The summed E-state index contributed by atoms with van der Waals surface area (Å²) < 4.78 is 5.92. The van der Waals surface area contributed by atoms with Crippen LogP contribution in [0.5, 0.6) is 5.75 Å². The number of hydrazine groups is 1. The number of amides is 1. The van der Waals surface area contributed by atoms with E-state index in [0.717, 1.165) is 12.2 Å². The molecule has 1 unspecified atom stereocenters. The summed E-state index contributed by atoms with van der Waals surface area (Å²) in [7, 11) is 1.79. The third-order valence-corrected chi connectivity index (χ3v) is 4.96. The van der Waals surface area contributed by atoms with Gasteiger partial charge in [-0.25, -0.2) is 5.43 Å². The first-order valence-corrected chi connectivity index (χ1v) is 8.34. The molecular weight excluding hydrogens is 276 g/mol. The number of aryl methyl sites for hydroxylation is 1. The minimum absolute atomic E-state index is 0.158. The maximum absolute atomic E-state index is 12.4. The number of rotatable bonds is 5. The number of hydrogen-bond acceptors (Lipinski definition) is 3. The minimum atomic E-state index is -0.526. The predicted octanol–water partition coefficient (Wildman–Crippen LogP) is 3.06. The second kappa shape index (κ2) is 6.29. The number of benzene rings is 1. The van der Waals surface area contributed by atoms with E-state index in [1.54, 1.807) is 12.1 Å². The zero-order chi connectivity index (χ0) is 15.6. The highest BCUT2D eigenvalue weighted by atomic mass is 16.5. The van der Waals surface area contributed by atoms with Gasteiger partial charge in [-0.15, -0.1) is 0 Å². The predicted molar refractivity (Wildman–Crippen MR) is 86.5 cm³/mol. The maximum Gasteiger partial charge on any atom is 0.262 e. The fraction of sp³-hybridized carbons (Fsp3) is 0.611. The number of ether oxygens (including phenoxy) is 1. The highest BCUT2D eigenvalue weighted by molar-refractivity contribution is 5.91. The molecule has 0 aromatic heterocycles. The average Bonchev–Trinajstić information content (AvgIpc) is 2.54. The van der Waals surface area contributed by atoms with Crippen LogP contribution in [0.1, 0.15) is 44.1 Å². The highest BCUT2D eigenvalue weighted by Gasteiger charge is 2.52. The van der Waals surface area contributed by atoms with Crippen LogP contribution >= 0.6 is 0 Å². The van der Waals surface area contributed by atoms with Gasteiger partial charge >= 0.3 is 0 Å². The van der Waals surface area contributed by atoms with Gasteiger partial charge in [0.05, 0.1) is 0 Å². The molecule has 1 saturated carbocycles. The normalized spacial score (nSPS) is 25.9. The van der Waals surface area contributed by atoms with Crippen LogP contribution < -0.4 is 10.2 Å². The van der Waals surface area contributed by atoms with Crippen molar-refractivity contribution < 1.29 is 9.53 Å². The highest BCUT2D eigenvalue weighted by Crippen LogP contribution is 2.34. The molecule has 1 N–H and O–H groups in total. The molecule has 1 saturated heterocycles. The van der Waals surface area contributed by atoms with Crippen LogP contribution in [0.3, 0.4) is 0 Å². The summed E-state index contributed by atoms with van der Waals surface area (Å²) in [4.78, 5) is 12.4. The van der Waals surface area contributed by atoms with Gasteiger partial charge in [0.15, 0.2) is 5.54 Å². The van der Waals surface area contributed by atoms with Gasteiger partial charge < -0.3 is 4.74 Å². The largest absolute Gasteiger partial charge is 0.491 e. The molecular formula is C18H26N2O2. The Balaban J connectivity index is 1.64.